The maximum atomic E-state index is 9.20. The van der Waals surface area contributed by atoms with E-state index >= 15 is 0 Å². The lowest BCUT2D eigenvalue weighted by atomic mass is 9.85. The zero-order chi connectivity index (χ0) is 12.6. The molecule has 3 rings (SSSR count). The maximum Gasteiger partial charge on any atom is 0.107 e. The van der Waals surface area contributed by atoms with E-state index in [2.05, 4.69) is 41.3 Å². The molecule has 2 bridgehead atoms. The summed E-state index contributed by atoms with van der Waals surface area (Å²) in [5.74, 6) is 0. The Morgan fingerprint density at radius 3 is 2.39 bits per heavy atom. The Labute approximate surface area is 108 Å². The number of rotatable bonds is 2. The summed E-state index contributed by atoms with van der Waals surface area (Å²) in [6.45, 7) is 0.998. The summed E-state index contributed by atoms with van der Waals surface area (Å²) in [5.41, 5.74) is 6.92. The third-order valence-electron chi connectivity index (χ3n) is 4.40. The van der Waals surface area contributed by atoms with E-state index in [1.165, 1.54) is 18.4 Å². The second-order valence-corrected chi connectivity index (χ2v) is 5.72. The van der Waals surface area contributed by atoms with E-state index in [4.69, 9.17) is 5.73 Å². The van der Waals surface area contributed by atoms with Crippen LogP contribution >= 0.6 is 0 Å². The van der Waals surface area contributed by atoms with Crippen molar-refractivity contribution in [2.45, 2.75) is 49.9 Å². The van der Waals surface area contributed by atoms with Crippen LogP contribution in [-0.2, 0) is 6.54 Å². The molecule has 2 fully saturated rings. The number of benzene rings is 1. The second kappa shape index (κ2) is 4.38. The molecular weight excluding hydrogens is 222 g/mol. The summed E-state index contributed by atoms with van der Waals surface area (Å²) in [6.07, 6.45) is 4.04. The van der Waals surface area contributed by atoms with Crippen LogP contribution in [0.2, 0.25) is 0 Å². The summed E-state index contributed by atoms with van der Waals surface area (Å²) < 4.78 is 0. The van der Waals surface area contributed by atoms with E-state index in [9.17, 15) is 5.26 Å². The number of nitrogens with zero attached hydrogens (tertiary/aromatic N) is 2. The van der Waals surface area contributed by atoms with E-state index in [1.807, 2.05) is 0 Å². The van der Waals surface area contributed by atoms with Crippen LogP contribution in [0.25, 0.3) is 0 Å². The van der Waals surface area contributed by atoms with Crippen molar-refractivity contribution in [3.8, 4) is 6.07 Å². The molecule has 2 N–H and O–H groups in total. The Balaban J connectivity index is 1.75. The van der Waals surface area contributed by atoms with Gasteiger partial charge in [-0.25, -0.2) is 0 Å². The quantitative estimate of drug-likeness (QED) is 0.862. The van der Waals surface area contributed by atoms with Crippen LogP contribution in [0, 0.1) is 11.3 Å². The monoisotopic (exact) mass is 241 g/mol. The summed E-state index contributed by atoms with van der Waals surface area (Å²) in [7, 11) is 0. The van der Waals surface area contributed by atoms with Crippen molar-refractivity contribution in [2.75, 3.05) is 0 Å². The van der Waals surface area contributed by atoms with Crippen LogP contribution in [-0.4, -0.2) is 22.5 Å². The Morgan fingerprint density at radius 2 is 1.83 bits per heavy atom. The fourth-order valence-corrected chi connectivity index (χ4v) is 3.52. The van der Waals surface area contributed by atoms with Gasteiger partial charge in [-0.05, 0) is 31.2 Å². The van der Waals surface area contributed by atoms with Gasteiger partial charge >= 0.3 is 0 Å². The van der Waals surface area contributed by atoms with E-state index in [0.29, 0.717) is 12.1 Å². The lowest BCUT2D eigenvalue weighted by Crippen LogP contribution is -2.54. The summed E-state index contributed by atoms with van der Waals surface area (Å²) in [4.78, 5) is 2.55. The molecule has 3 heteroatoms. The molecule has 0 radical (unpaired) electrons. The SMILES string of the molecule is N#CC1(N)C[C@H]2CC[C@H](C1)N2Cc1ccccc1. The van der Waals surface area contributed by atoms with Gasteiger partial charge in [0.05, 0.1) is 6.07 Å². The molecule has 2 saturated heterocycles. The molecule has 18 heavy (non-hydrogen) atoms. The fourth-order valence-electron chi connectivity index (χ4n) is 3.52. The minimum atomic E-state index is -0.584. The van der Waals surface area contributed by atoms with E-state index in [0.717, 1.165) is 19.4 Å². The molecule has 2 aliphatic heterocycles. The van der Waals surface area contributed by atoms with Crippen LogP contribution in [0.1, 0.15) is 31.2 Å². The van der Waals surface area contributed by atoms with Crippen molar-refractivity contribution in [2.24, 2.45) is 5.73 Å². The zero-order valence-corrected chi connectivity index (χ0v) is 10.5. The average Bonchev–Trinajstić information content (AvgIpc) is 2.64. The molecule has 1 aromatic rings. The Morgan fingerprint density at radius 1 is 1.22 bits per heavy atom. The van der Waals surface area contributed by atoms with Crippen LogP contribution in [0.15, 0.2) is 30.3 Å². The summed E-state index contributed by atoms with van der Waals surface area (Å²) >= 11 is 0. The molecule has 2 aliphatic rings. The van der Waals surface area contributed by atoms with Gasteiger partial charge in [0.15, 0.2) is 0 Å². The van der Waals surface area contributed by atoms with E-state index in [1.54, 1.807) is 0 Å². The first kappa shape index (κ1) is 11.7. The Kier molecular flexibility index (Phi) is 2.85. The van der Waals surface area contributed by atoms with E-state index < -0.39 is 5.54 Å². The smallest absolute Gasteiger partial charge is 0.107 e. The van der Waals surface area contributed by atoms with Crippen LogP contribution in [0.5, 0.6) is 0 Å². The summed E-state index contributed by atoms with van der Waals surface area (Å²) in [5, 5.41) is 9.20. The van der Waals surface area contributed by atoms with Crippen LogP contribution < -0.4 is 5.73 Å². The van der Waals surface area contributed by atoms with Gasteiger partial charge < -0.3 is 5.73 Å². The van der Waals surface area contributed by atoms with Gasteiger partial charge in [0.2, 0.25) is 0 Å². The predicted molar refractivity (Wildman–Crippen MR) is 70.6 cm³/mol. The first-order valence-electron chi connectivity index (χ1n) is 6.70. The van der Waals surface area contributed by atoms with Crippen molar-refractivity contribution < 1.29 is 0 Å². The molecule has 0 amide bonds. The third-order valence-corrected chi connectivity index (χ3v) is 4.40. The number of piperidine rings is 1. The minimum Gasteiger partial charge on any atom is -0.313 e. The highest BCUT2D eigenvalue weighted by Crippen LogP contribution is 2.40. The van der Waals surface area contributed by atoms with Gasteiger partial charge in [0.1, 0.15) is 5.54 Å². The number of nitriles is 1. The molecule has 0 aliphatic carbocycles. The van der Waals surface area contributed by atoms with Gasteiger partial charge in [-0.2, -0.15) is 5.26 Å². The topological polar surface area (TPSA) is 53.1 Å². The van der Waals surface area contributed by atoms with E-state index in [-0.39, 0.29) is 0 Å². The molecule has 2 heterocycles. The van der Waals surface area contributed by atoms with Crippen molar-refractivity contribution in [1.29, 1.82) is 5.26 Å². The van der Waals surface area contributed by atoms with Crippen molar-refractivity contribution in [1.82, 2.24) is 4.90 Å². The van der Waals surface area contributed by atoms with Gasteiger partial charge in [-0.1, -0.05) is 30.3 Å². The van der Waals surface area contributed by atoms with Gasteiger partial charge in [-0.15, -0.1) is 0 Å². The third kappa shape index (κ3) is 2.03. The number of fused-ring (bicyclic) bond motifs is 2. The van der Waals surface area contributed by atoms with Gasteiger partial charge in [0, 0.05) is 18.6 Å². The lowest BCUT2D eigenvalue weighted by molar-refractivity contribution is 0.100. The second-order valence-electron chi connectivity index (χ2n) is 5.72. The number of nitrogens with two attached hydrogens (primary N) is 1. The Hall–Kier alpha value is -1.37. The maximum absolute atomic E-state index is 9.20. The van der Waals surface area contributed by atoms with Gasteiger partial charge in [0.25, 0.3) is 0 Å². The van der Waals surface area contributed by atoms with Crippen LogP contribution in [0.3, 0.4) is 0 Å². The van der Waals surface area contributed by atoms with Crippen molar-refractivity contribution in [3.05, 3.63) is 35.9 Å². The highest BCUT2D eigenvalue weighted by atomic mass is 15.2. The lowest BCUT2D eigenvalue weighted by Gasteiger charge is -2.41. The number of hydrogen-bond acceptors (Lipinski definition) is 3. The van der Waals surface area contributed by atoms with Gasteiger partial charge in [-0.3, -0.25) is 4.90 Å². The predicted octanol–water partition coefficient (Wildman–Crippen LogP) is 2.03. The average molecular weight is 241 g/mol. The molecule has 1 aromatic carbocycles. The highest BCUT2D eigenvalue weighted by Gasteiger charge is 2.46. The van der Waals surface area contributed by atoms with Crippen molar-refractivity contribution in [3.63, 3.8) is 0 Å². The first-order valence-corrected chi connectivity index (χ1v) is 6.70. The number of hydrogen-bond donors (Lipinski definition) is 1. The van der Waals surface area contributed by atoms with Crippen molar-refractivity contribution >= 4 is 0 Å². The molecule has 94 valence electrons. The fraction of sp³-hybridized carbons (Fsp3) is 0.533. The first-order chi connectivity index (χ1) is 8.70. The molecule has 2 atom stereocenters. The summed E-state index contributed by atoms with van der Waals surface area (Å²) in [6, 6.07) is 13.9. The molecule has 0 aromatic heterocycles. The molecule has 0 spiro atoms. The largest absolute Gasteiger partial charge is 0.313 e. The molecule has 3 nitrogen and oxygen atoms in total. The zero-order valence-electron chi connectivity index (χ0n) is 10.5. The molecule has 0 saturated carbocycles. The molecular formula is C15H19N3. The van der Waals surface area contributed by atoms with Crippen LogP contribution in [0.4, 0.5) is 0 Å². The Bertz CT molecular complexity index is 448. The molecule has 0 unspecified atom stereocenters. The minimum absolute atomic E-state index is 0.494. The highest BCUT2D eigenvalue weighted by molar-refractivity contribution is 5.18. The normalized spacial score (nSPS) is 35.3. The standard InChI is InChI=1S/C15H19N3/c16-11-15(17)8-13-6-7-14(9-15)18(13)10-12-4-2-1-3-5-12/h1-5,13-14H,6-10,17H2/t13-,14-/m1/s1.